The van der Waals surface area contributed by atoms with Crippen LogP contribution in [-0.4, -0.2) is 62.7 Å². The maximum absolute atomic E-state index is 13.0. The fourth-order valence-corrected chi connectivity index (χ4v) is 4.13. The Hall–Kier alpha value is -2.38. The summed E-state index contributed by atoms with van der Waals surface area (Å²) in [6.45, 7) is 4.48. The molecule has 6 nitrogen and oxygen atoms in total. The highest BCUT2D eigenvalue weighted by Crippen LogP contribution is 2.19. The molecule has 1 saturated heterocycles. The normalized spacial score (nSPS) is 15.2. The standard InChI is InChI=1S/C21H25N5OS/c1-28-16-20-23-18-7-2-3-8-19(18)26(20)15-21(27)25-12-10-24(11-13-25)14-17-6-4-5-9-22-17/h2-9H,10-16H2,1H3. The molecule has 28 heavy (non-hydrogen) atoms. The second-order valence-corrected chi connectivity index (χ2v) is 7.88. The van der Waals surface area contributed by atoms with Crippen LogP contribution in [-0.2, 0) is 23.6 Å². The number of carbonyl (C=O) groups excluding carboxylic acids is 1. The highest BCUT2D eigenvalue weighted by atomic mass is 32.2. The fraction of sp³-hybridized carbons (Fsp3) is 0.381. The summed E-state index contributed by atoms with van der Waals surface area (Å²) < 4.78 is 2.08. The van der Waals surface area contributed by atoms with Crippen LogP contribution in [0, 0.1) is 0 Å². The molecule has 0 radical (unpaired) electrons. The summed E-state index contributed by atoms with van der Waals surface area (Å²) in [4.78, 5) is 26.4. The average Bonchev–Trinajstić information content (AvgIpc) is 3.07. The van der Waals surface area contributed by atoms with Crippen LogP contribution >= 0.6 is 11.8 Å². The number of hydrogen-bond donors (Lipinski definition) is 0. The number of carbonyl (C=O) groups is 1. The van der Waals surface area contributed by atoms with Crippen LogP contribution in [0.1, 0.15) is 11.5 Å². The summed E-state index contributed by atoms with van der Waals surface area (Å²) in [7, 11) is 0. The predicted molar refractivity (Wildman–Crippen MR) is 113 cm³/mol. The summed E-state index contributed by atoms with van der Waals surface area (Å²) in [6.07, 6.45) is 3.89. The molecule has 1 amide bonds. The number of piperazine rings is 1. The van der Waals surface area contributed by atoms with Crippen molar-refractivity contribution < 1.29 is 4.79 Å². The van der Waals surface area contributed by atoms with E-state index in [-0.39, 0.29) is 5.91 Å². The van der Waals surface area contributed by atoms with Crippen molar-refractivity contribution in [3.63, 3.8) is 0 Å². The number of imidazole rings is 1. The molecule has 0 spiro atoms. The minimum atomic E-state index is 0.169. The summed E-state index contributed by atoms with van der Waals surface area (Å²) in [5.74, 6) is 1.94. The zero-order valence-electron chi connectivity index (χ0n) is 16.1. The van der Waals surface area contributed by atoms with Crippen molar-refractivity contribution in [1.29, 1.82) is 0 Å². The van der Waals surface area contributed by atoms with Crippen LogP contribution in [0.4, 0.5) is 0 Å². The zero-order chi connectivity index (χ0) is 19.3. The highest BCUT2D eigenvalue weighted by Gasteiger charge is 2.23. The van der Waals surface area contributed by atoms with Gasteiger partial charge in [-0.2, -0.15) is 11.8 Å². The number of nitrogens with zero attached hydrogens (tertiary/aromatic N) is 5. The molecule has 2 aromatic heterocycles. The molecule has 1 aromatic carbocycles. The molecule has 0 atom stereocenters. The maximum atomic E-state index is 13.0. The number of hydrogen-bond acceptors (Lipinski definition) is 5. The van der Waals surface area contributed by atoms with E-state index < -0.39 is 0 Å². The van der Waals surface area contributed by atoms with Crippen LogP contribution in [0.15, 0.2) is 48.7 Å². The lowest BCUT2D eigenvalue weighted by Gasteiger charge is -2.34. The molecule has 0 unspecified atom stereocenters. The first-order chi connectivity index (χ1) is 13.7. The molecule has 146 valence electrons. The third kappa shape index (κ3) is 4.20. The summed E-state index contributed by atoms with van der Waals surface area (Å²) in [6, 6.07) is 14.1. The molecule has 0 aliphatic carbocycles. The van der Waals surface area contributed by atoms with Crippen LogP contribution in [0.3, 0.4) is 0 Å². The third-order valence-electron chi connectivity index (χ3n) is 5.14. The van der Waals surface area contributed by atoms with Gasteiger partial charge >= 0.3 is 0 Å². The summed E-state index contributed by atoms with van der Waals surface area (Å²) in [5.41, 5.74) is 3.07. The Kier molecular flexibility index (Phi) is 5.92. The largest absolute Gasteiger partial charge is 0.339 e. The molecule has 1 aliphatic heterocycles. The number of pyridine rings is 1. The minimum absolute atomic E-state index is 0.169. The van der Waals surface area contributed by atoms with E-state index in [2.05, 4.69) is 26.8 Å². The smallest absolute Gasteiger partial charge is 0.242 e. The number of aromatic nitrogens is 3. The second-order valence-electron chi connectivity index (χ2n) is 7.01. The molecular formula is C21H25N5OS. The number of thioether (sulfide) groups is 1. The molecule has 3 aromatic rings. The first-order valence-corrected chi connectivity index (χ1v) is 11.0. The van der Waals surface area contributed by atoms with Gasteiger partial charge < -0.3 is 9.47 Å². The van der Waals surface area contributed by atoms with E-state index in [4.69, 9.17) is 4.98 Å². The average molecular weight is 396 g/mol. The molecule has 0 bridgehead atoms. The molecular weight excluding hydrogens is 370 g/mol. The molecule has 3 heterocycles. The van der Waals surface area contributed by atoms with Crippen molar-refractivity contribution in [1.82, 2.24) is 24.3 Å². The van der Waals surface area contributed by atoms with Gasteiger partial charge in [0.25, 0.3) is 0 Å². The third-order valence-corrected chi connectivity index (χ3v) is 5.68. The van der Waals surface area contributed by atoms with Crippen molar-refractivity contribution >= 4 is 28.7 Å². The lowest BCUT2D eigenvalue weighted by molar-refractivity contribution is -0.133. The highest BCUT2D eigenvalue weighted by molar-refractivity contribution is 7.97. The lowest BCUT2D eigenvalue weighted by atomic mass is 10.2. The molecule has 1 aliphatic rings. The van der Waals surface area contributed by atoms with Gasteiger partial charge in [-0.25, -0.2) is 4.98 Å². The van der Waals surface area contributed by atoms with Gasteiger partial charge in [0.2, 0.25) is 5.91 Å². The Bertz CT molecular complexity index is 934. The van der Waals surface area contributed by atoms with Crippen molar-refractivity contribution in [3.8, 4) is 0 Å². The number of amides is 1. The summed E-state index contributed by atoms with van der Waals surface area (Å²) >= 11 is 1.73. The molecule has 7 heteroatoms. The molecule has 0 saturated carbocycles. The van der Waals surface area contributed by atoms with Gasteiger partial charge in [-0.3, -0.25) is 14.7 Å². The van der Waals surface area contributed by atoms with Crippen molar-refractivity contribution in [2.45, 2.75) is 18.8 Å². The Balaban J connectivity index is 1.40. The Morgan fingerprint density at radius 1 is 1.07 bits per heavy atom. The van der Waals surface area contributed by atoms with Gasteiger partial charge in [0.05, 0.1) is 22.5 Å². The van der Waals surface area contributed by atoms with E-state index in [9.17, 15) is 4.79 Å². The lowest BCUT2D eigenvalue weighted by Crippen LogP contribution is -2.49. The van der Waals surface area contributed by atoms with Gasteiger partial charge in [0, 0.05) is 38.9 Å². The SMILES string of the molecule is CSCc1nc2ccccc2n1CC(=O)N1CCN(Cc2ccccn2)CC1. The first-order valence-electron chi connectivity index (χ1n) is 9.57. The van der Waals surface area contributed by atoms with E-state index in [0.717, 1.165) is 61.0 Å². The topological polar surface area (TPSA) is 54.3 Å². The maximum Gasteiger partial charge on any atom is 0.242 e. The molecule has 0 N–H and O–H groups in total. The van der Waals surface area contributed by atoms with E-state index in [1.54, 1.807) is 11.8 Å². The second kappa shape index (κ2) is 8.75. The van der Waals surface area contributed by atoms with Crippen molar-refractivity contribution in [2.75, 3.05) is 32.4 Å². The number of benzene rings is 1. The summed E-state index contributed by atoms with van der Waals surface area (Å²) in [5, 5.41) is 0. The first kappa shape index (κ1) is 19.0. The van der Waals surface area contributed by atoms with Gasteiger partial charge in [-0.15, -0.1) is 0 Å². The minimum Gasteiger partial charge on any atom is -0.339 e. The van der Waals surface area contributed by atoms with Crippen LogP contribution in [0.2, 0.25) is 0 Å². The molecule has 4 rings (SSSR count). The molecule has 1 fully saturated rings. The van der Waals surface area contributed by atoms with Crippen LogP contribution < -0.4 is 0 Å². The number of fused-ring (bicyclic) bond motifs is 1. The predicted octanol–water partition coefficient (Wildman–Crippen LogP) is 2.64. The fourth-order valence-electron chi connectivity index (χ4n) is 3.65. The van der Waals surface area contributed by atoms with E-state index in [1.807, 2.05) is 47.5 Å². The quantitative estimate of drug-likeness (QED) is 0.642. The number of para-hydroxylation sites is 2. The van der Waals surface area contributed by atoms with E-state index in [0.29, 0.717) is 6.54 Å². The number of rotatable bonds is 6. The van der Waals surface area contributed by atoms with Gasteiger partial charge in [-0.1, -0.05) is 18.2 Å². The van der Waals surface area contributed by atoms with Crippen molar-refractivity contribution in [2.24, 2.45) is 0 Å². The van der Waals surface area contributed by atoms with E-state index >= 15 is 0 Å². The zero-order valence-corrected chi connectivity index (χ0v) is 16.9. The van der Waals surface area contributed by atoms with Gasteiger partial charge in [-0.05, 0) is 30.5 Å². The van der Waals surface area contributed by atoms with Gasteiger partial charge in [0.1, 0.15) is 12.4 Å². The van der Waals surface area contributed by atoms with Crippen LogP contribution in [0.5, 0.6) is 0 Å². The Morgan fingerprint density at radius 3 is 2.61 bits per heavy atom. The Labute approximate surface area is 169 Å². The monoisotopic (exact) mass is 395 g/mol. The Morgan fingerprint density at radius 2 is 1.86 bits per heavy atom. The van der Waals surface area contributed by atoms with E-state index in [1.165, 1.54) is 0 Å². The van der Waals surface area contributed by atoms with Gasteiger partial charge in [0.15, 0.2) is 0 Å². The van der Waals surface area contributed by atoms with Crippen molar-refractivity contribution in [3.05, 3.63) is 60.2 Å². The van der Waals surface area contributed by atoms with Crippen LogP contribution in [0.25, 0.3) is 11.0 Å².